The standard InChI is InChI=1S/C21H21F3N2O2S/c1-12(18-6-7-20(29-18)28-11-21(22,23)24)26-19(27)9-13-8-15(13)16-10-25-17-5-3-2-4-14(16)17/h2-7,10,12-13,15,25H,8-9,11H2,1H3,(H,26,27)/t12-,13-,15-/m1/s1. The molecule has 1 saturated carbocycles. The molecule has 2 N–H and O–H groups in total. The summed E-state index contributed by atoms with van der Waals surface area (Å²) in [6.45, 7) is 0.506. The van der Waals surface area contributed by atoms with Crippen LogP contribution in [0.1, 0.15) is 42.2 Å². The number of amides is 1. The van der Waals surface area contributed by atoms with E-state index in [2.05, 4.69) is 16.4 Å². The van der Waals surface area contributed by atoms with Crippen LogP contribution in [0.5, 0.6) is 5.06 Å². The van der Waals surface area contributed by atoms with Gasteiger partial charge in [0, 0.05) is 28.4 Å². The van der Waals surface area contributed by atoms with Crippen molar-refractivity contribution in [1.29, 1.82) is 0 Å². The second kappa shape index (κ2) is 7.74. The number of halogens is 3. The highest BCUT2D eigenvalue weighted by molar-refractivity contribution is 7.13. The van der Waals surface area contributed by atoms with Gasteiger partial charge in [-0.15, -0.1) is 11.3 Å². The fraction of sp³-hybridized carbons (Fsp3) is 0.381. The fourth-order valence-electron chi connectivity index (χ4n) is 3.66. The van der Waals surface area contributed by atoms with Gasteiger partial charge in [-0.05, 0) is 48.9 Å². The number of nitrogens with one attached hydrogen (secondary N) is 2. The first-order chi connectivity index (χ1) is 13.8. The van der Waals surface area contributed by atoms with Crippen LogP contribution in [-0.4, -0.2) is 23.7 Å². The van der Waals surface area contributed by atoms with E-state index in [1.54, 1.807) is 6.07 Å². The van der Waals surface area contributed by atoms with Gasteiger partial charge in [0.2, 0.25) is 5.91 Å². The Bertz CT molecular complexity index is 1010. The zero-order chi connectivity index (χ0) is 20.6. The third-order valence-electron chi connectivity index (χ3n) is 5.18. The van der Waals surface area contributed by atoms with Gasteiger partial charge in [-0.25, -0.2) is 0 Å². The molecule has 2 heterocycles. The highest BCUT2D eigenvalue weighted by atomic mass is 32.1. The summed E-state index contributed by atoms with van der Waals surface area (Å²) in [6, 6.07) is 11.0. The van der Waals surface area contributed by atoms with E-state index in [-0.39, 0.29) is 17.0 Å². The lowest BCUT2D eigenvalue weighted by Gasteiger charge is -2.12. The van der Waals surface area contributed by atoms with E-state index in [0.29, 0.717) is 18.3 Å². The minimum Gasteiger partial charge on any atom is -0.475 e. The molecular formula is C21H21F3N2O2S. The number of alkyl halides is 3. The number of aromatic amines is 1. The Hall–Kier alpha value is -2.48. The Morgan fingerprint density at radius 1 is 1.31 bits per heavy atom. The van der Waals surface area contributed by atoms with Gasteiger partial charge in [0.05, 0.1) is 6.04 Å². The first-order valence-corrected chi connectivity index (χ1v) is 10.3. The van der Waals surface area contributed by atoms with Gasteiger partial charge < -0.3 is 15.0 Å². The molecule has 1 amide bonds. The molecule has 3 atom stereocenters. The van der Waals surface area contributed by atoms with Gasteiger partial charge in [0.1, 0.15) is 0 Å². The number of ether oxygens (including phenoxy) is 1. The number of hydrogen-bond acceptors (Lipinski definition) is 3. The SMILES string of the molecule is C[C@@H](NC(=O)C[C@H]1C[C@H]1c1c[nH]c2ccccc12)c1ccc(OCC(F)(F)F)s1. The Labute approximate surface area is 170 Å². The zero-order valence-corrected chi connectivity index (χ0v) is 16.6. The molecule has 3 aromatic rings. The number of benzene rings is 1. The van der Waals surface area contributed by atoms with Gasteiger partial charge in [-0.2, -0.15) is 13.2 Å². The summed E-state index contributed by atoms with van der Waals surface area (Å²) in [4.78, 5) is 16.5. The maximum Gasteiger partial charge on any atom is 0.422 e. The summed E-state index contributed by atoms with van der Waals surface area (Å²) in [6.07, 6.45) is -0.908. The van der Waals surface area contributed by atoms with E-state index >= 15 is 0 Å². The number of para-hydroxylation sites is 1. The molecule has 154 valence electrons. The number of aromatic nitrogens is 1. The van der Waals surface area contributed by atoms with Crippen molar-refractivity contribution in [2.75, 3.05) is 6.61 Å². The predicted molar refractivity (Wildman–Crippen MR) is 106 cm³/mol. The summed E-state index contributed by atoms with van der Waals surface area (Å²) < 4.78 is 41.5. The fourth-order valence-corrected chi connectivity index (χ4v) is 4.52. The highest BCUT2D eigenvalue weighted by Crippen LogP contribution is 2.51. The number of thiophene rings is 1. The quantitative estimate of drug-likeness (QED) is 0.525. The van der Waals surface area contributed by atoms with Crippen molar-refractivity contribution in [1.82, 2.24) is 10.3 Å². The molecule has 29 heavy (non-hydrogen) atoms. The third kappa shape index (κ3) is 4.75. The number of hydrogen-bond donors (Lipinski definition) is 2. The van der Waals surface area contributed by atoms with Gasteiger partial charge in [0.25, 0.3) is 0 Å². The first kappa shape index (κ1) is 19.8. The van der Waals surface area contributed by atoms with Crippen molar-refractivity contribution in [2.24, 2.45) is 5.92 Å². The normalized spacial score (nSPS) is 19.9. The number of carbonyl (C=O) groups is 1. The molecule has 1 fully saturated rings. The summed E-state index contributed by atoms with van der Waals surface area (Å²) in [5.41, 5.74) is 2.36. The maximum absolute atomic E-state index is 12.4. The largest absolute Gasteiger partial charge is 0.475 e. The summed E-state index contributed by atoms with van der Waals surface area (Å²) in [5, 5.41) is 4.34. The summed E-state index contributed by atoms with van der Waals surface area (Å²) in [5.74, 6) is 0.655. The molecule has 4 rings (SSSR count). The minimum atomic E-state index is -4.37. The number of fused-ring (bicyclic) bond motifs is 1. The third-order valence-corrected chi connectivity index (χ3v) is 6.36. The Morgan fingerprint density at radius 2 is 2.10 bits per heavy atom. The van der Waals surface area contributed by atoms with Gasteiger partial charge in [-0.3, -0.25) is 4.79 Å². The van der Waals surface area contributed by atoms with Crippen LogP contribution in [0.15, 0.2) is 42.6 Å². The average Bonchev–Trinajstić information content (AvgIpc) is 3.09. The Balaban J connectivity index is 1.29. The first-order valence-electron chi connectivity index (χ1n) is 9.45. The lowest BCUT2D eigenvalue weighted by atomic mass is 10.1. The van der Waals surface area contributed by atoms with Gasteiger partial charge in [-0.1, -0.05) is 18.2 Å². The van der Waals surface area contributed by atoms with Crippen molar-refractivity contribution in [2.45, 2.75) is 37.9 Å². The lowest BCUT2D eigenvalue weighted by Crippen LogP contribution is -2.26. The van der Waals surface area contributed by atoms with Crippen LogP contribution in [0.25, 0.3) is 10.9 Å². The predicted octanol–water partition coefficient (Wildman–Crippen LogP) is 5.54. The minimum absolute atomic E-state index is 0.0454. The Morgan fingerprint density at radius 3 is 2.90 bits per heavy atom. The van der Waals surface area contributed by atoms with Crippen molar-refractivity contribution in [3.05, 3.63) is 53.0 Å². The second-order valence-corrected chi connectivity index (χ2v) is 8.52. The van der Waals surface area contributed by atoms with Crippen LogP contribution in [0.2, 0.25) is 0 Å². The van der Waals surface area contributed by atoms with Crippen LogP contribution in [0.4, 0.5) is 13.2 Å². The molecule has 4 nitrogen and oxygen atoms in total. The molecule has 1 aromatic carbocycles. The van der Waals surface area contributed by atoms with Crippen LogP contribution in [0, 0.1) is 5.92 Å². The van der Waals surface area contributed by atoms with Crippen LogP contribution < -0.4 is 10.1 Å². The smallest absolute Gasteiger partial charge is 0.422 e. The van der Waals surface area contributed by atoms with Crippen LogP contribution in [-0.2, 0) is 4.79 Å². The van der Waals surface area contributed by atoms with Crippen LogP contribution in [0.3, 0.4) is 0 Å². The summed E-state index contributed by atoms with van der Waals surface area (Å²) >= 11 is 1.12. The second-order valence-electron chi connectivity index (χ2n) is 7.45. The summed E-state index contributed by atoms with van der Waals surface area (Å²) in [7, 11) is 0. The molecule has 2 aromatic heterocycles. The number of rotatable bonds is 7. The number of H-pyrrole nitrogens is 1. The van der Waals surface area contributed by atoms with Crippen LogP contribution >= 0.6 is 11.3 Å². The molecule has 0 bridgehead atoms. The van der Waals surface area contributed by atoms with Crippen molar-refractivity contribution >= 4 is 28.1 Å². The van der Waals surface area contributed by atoms with E-state index in [9.17, 15) is 18.0 Å². The topological polar surface area (TPSA) is 54.1 Å². The average molecular weight is 422 g/mol. The molecule has 1 aliphatic carbocycles. The molecule has 0 saturated heterocycles. The Kier molecular flexibility index (Phi) is 5.29. The zero-order valence-electron chi connectivity index (χ0n) is 15.8. The van der Waals surface area contributed by atoms with E-state index in [1.807, 2.05) is 31.3 Å². The van der Waals surface area contributed by atoms with E-state index in [0.717, 1.165) is 28.2 Å². The lowest BCUT2D eigenvalue weighted by molar-refractivity contribution is -0.152. The van der Waals surface area contributed by atoms with Gasteiger partial charge >= 0.3 is 6.18 Å². The van der Waals surface area contributed by atoms with Gasteiger partial charge in [0.15, 0.2) is 11.7 Å². The maximum atomic E-state index is 12.4. The molecule has 0 unspecified atom stereocenters. The molecule has 1 aliphatic rings. The number of carbonyl (C=O) groups excluding carboxylic acids is 1. The molecular weight excluding hydrogens is 401 g/mol. The monoisotopic (exact) mass is 422 g/mol. The van der Waals surface area contributed by atoms with Crippen molar-refractivity contribution in [3.8, 4) is 5.06 Å². The highest BCUT2D eigenvalue weighted by Gasteiger charge is 2.41. The molecule has 8 heteroatoms. The van der Waals surface area contributed by atoms with Crippen molar-refractivity contribution in [3.63, 3.8) is 0 Å². The van der Waals surface area contributed by atoms with E-state index in [4.69, 9.17) is 4.74 Å². The van der Waals surface area contributed by atoms with E-state index in [1.165, 1.54) is 17.0 Å². The molecule has 0 radical (unpaired) electrons. The van der Waals surface area contributed by atoms with E-state index < -0.39 is 12.8 Å². The molecule has 0 spiro atoms. The molecule has 0 aliphatic heterocycles. The van der Waals surface area contributed by atoms with Crippen molar-refractivity contribution < 1.29 is 22.7 Å².